The summed E-state index contributed by atoms with van der Waals surface area (Å²) >= 11 is 0. The van der Waals surface area contributed by atoms with Crippen LogP contribution in [0.1, 0.15) is 18.2 Å². The average molecular weight is 210 g/mol. The van der Waals surface area contributed by atoms with Gasteiger partial charge < -0.3 is 4.90 Å². The number of likely N-dealkylation sites (N-methyl/N-ethyl adjacent to an activating group) is 1. The summed E-state index contributed by atoms with van der Waals surface area (Å²) in [5.41, 5.74) is 0.610. The number of aromatic nitrogens is 2. The van der Waals surface area contributed by atoms with E-state index in [0.717, 1.165) is 19.5 Å². The van der Waals surface area contributed by atoms with Crippen LogP contribution in [0.2, 0.25) is 0 Å². The third-order valence-electron chi connectivity index (χ3n) is 2.83. The van der Waals surface area contributed by atoms with Crippen molar-refractivity contribution in [2.24, 2.45) is 0 Å². The van der Waals surface area contributed by atoms with Gasteiger partial charge in [-0.3, -0.25) is 14.8 Å². The summed E-state index contributed by atoms with van der Waals surface area (Å²) in [4.78, 5) is 12.5. The predicted octanol–water partition coefficient (Wildman–Crippen LogP) is 0.976. The highest BCUT2D eigenvalue weighted by atomic mass is 16.6. The van der Waals surface area contributed by atoms with Crippen LogP contribution in [0, 0.1) is 17.0 Å². The van der Waals surface area contributed by atoms with Crippen molar-refractivity contribution in [1.29, 1.82) is 0 Å². The highest BCUT2D eigenvalue weighted by Crippen LogP contribution is 2.23. The molecule has 1 aromatic rings. The standard InChI is InChI=1S/C9H14N4O2/c1-7-9(13(14)15)6-12(10-7)8-3-4-11(2)5-8/h6,8H,3-5H2,1-2H3. The van der Waals surface area contributed by atoms with E-state index in [1.54, 1.807) is 17.8 Å². The van der Waals surface area contributed by atoms with Crippen molar-refractivity contribution in [1.82, 2.24) is 14.7 Å². The van der Waals surface area contributed by atoms with Crippen LogP contribution in [0.4, 0.5) is 5.69 Å². The molecule has 82 valence electrons. The van der Waals surface area contributed by atoms with Gasteiger partial charge in [-0.2, -0.15) is 5.10 Å². The van der Waals surface area contributed by atoms with E-state index in [1.807, 2.05) is 7.05 Å². The predicted molar refractivity (Wildman–Crippen MR) is 54.8 cm³/mol. The Kier molecular flexibility index (Phi) is 2.44. The number of aryl methyl sites for hydroxylation is 1. The molecule has 1 aliphatic rings. The summed E-state index contributed by atoms with van der Waals surface area (Å²) in [6, 6.07) is 0.280. The Morgan fingerprint density at radius 1 is 1.67 bits per heavy atom. The Labute approximate surface area is 87.6 Å². The molecule has 0 bridgehead atoms. The van der Waals surface area contributed by atoms with E-state index in [2.05, 4.69) is 10.00 Å². The summed E-state index contributed by atoms with van der Waals surface area (Å²) in [7, 11) is 2.05. The van der Waals surface area contributed by atoms with Crippen molar-refractivity contribution >= 4 is 5.69 Å². The number of hydrogen-bond donors (Lipinski definition) is 0. The van der Waals surface area contributed by atoms with Gasteiger partial charge in [0.15, 0.2) is 0 Å². The van der Waals surface area contributed by atoms with Crippen LogP contribution in [-0.4, -0.2) is 39.7 Å². The summed E-state index contributed by atoms with van der Waals surface area (Å²) in [6.07, 6.45) is 2.55. The second-order valence-corrected chi connectivity index (χ2v) is 4.04. The lowest BCUT2D eigenvalue weighted by molar-refractivity contribution is -0.385. The van der Waals surface area contributed by atoms with E-state index in [-0.39, 0.29) is 16.7 Å². The molecule has 1 atom stereocenters. The first-order valence-corrected chi connectivity index (χ1v) is 4.96. The molecule has 1 fully saturated rings. The Balaban J connectivity index is 2.23. The van der Waals surface area contributed by atoms with Crippen LogP contribution in [0.15, 0.2) is 6.20 Å². The zero-order valence-corrected chi connectivity index (χ0v) is 8.88. The summed E-state index contributed by atoms with van der Waals surface area (Å²) in [5, 5.41) is 14.9. The minimum atomic E-state index is -0.377. The first-order valence-electron chi connectivity index (χ1n) is 4.96. The molecule has 2 heterocycles. The van der Waals surface area contributed by atoms with Gasteiger partial charge in [-0.15, -0.1) is 0 Å². The molecule has 0 saturated carbocycles. The van der Waals surface area contributed by atoms with Gasteiger partial charge in [-0.1, -0.05) is 0 Å². The molecule has 0 N–H and O–H groups in total. The third kappa shape index (κ3) is 1.85. The van der Waals surface area contributed by atoms with Crippen LogP contribution >= 0.6 is 0 Å². The zero-order chi connectivity index (χ0) is 11.0. The SMILES string of the molecule is Cc1nn(C2CCN(C)C2)cc1[N+](=O)[O-]. The molecule has 0 amide bonds. The molecule has 0 aromatic carbocycles. The molecule has 0 spiro atoms. The van der Waals surface area contributed by atoms with Crippen molar-refractivity contribution in [3.8, 4) is 0 Å². The lowest BCUT2D eigenvalue weighted by Crippen LogP contribution is -2.16. The molecule has 1 aliphatic heterocycles. The van der Waals surface area contributed by atoms with Crippen LogP contribution in [0.3, 0.4) is 0 Å². The van der Waals surface area contributed by atoms with E-state index in [1.165, 1.54) is 0 Å². The molecule has 15 heavy (non-hydrogen) atoms. The maximum absolute atomic E-state index is 10.7. The van der Waals surface area contributed by atoms with E-state index < -0.39 is 0 Å². The van der Waals surface area contributed by atoms with Crippen LogP contribution in [0.25, 0.3) is 0 Å². The molecule has 1 aromatic heterocycles. The van der Waals surface area contributed by atoms with Gasteiger partial charge in [-0.05, 0) is 26.9 Å². The van der Waals surface area contributed by atoms with Crippen LogP contribution in [0.5, 0.6) is 0 Å². The van der Waals surface area contributed by atoms with Gasteiger partial charge in [0.25, 0.3) is 0 Å². The Morgan fingerprint density at radius 2 is 2.40 bits per heavy atom. The Hall–Kier alpha value is -1.43. The van der Waals surface area contributed by atoms with Crippen LogP contribution < -0.4 is 0 Å². The topological polar surface area (TPSA) is 64.2 Å². The van der Waals surface area contributed by atoms with Crippen molar-refractivity contribution in [2.45, 2.75) is 19.4 Å². The fraction of sp³-hybridized carbons (Fsp3) is 0.667. The first kappa shape index (κ1) is 10.1. The monoisotopic (exact) mass is 210 g/mol. The van der Waals surface area contributed by atoms with E-state index in [4.69, 9.17) is 0 Å². The fourth-order valence-corrected chi connectivity index (χ4v) is 1.97. The molecule has 6 heteroatoms. The van der Waals surface area contributed by atoms with Crippen molar-refractivity contribution in [3.63, 3.8) is 0 Å². The van der Waals surface area contributed by atoms with Crippen molar-refractivity contribution in [3.05, 3.63) is 22.0 Å². The van der Waals surface area contributed by atoms with Crippen molar-refractivity contribution in [2.75, 3.05) is 20.1 Å². The summed E-state index contributed by atoms with van der Waals surface area (Å²) in [6.45, 7) is 3.61. The molecule has 1 unspecified atom stereocenters. The second-order valence-electron chi connectivity index (χ2n) is 4.04. The summed E-state index contributed by atoms with van der Waals surface area (Å²) in [5.74, 6) is 0. The largest absolute Gasteiger partial charge is 0.309 e. The number of nitro groups is 1. The van der Waals surface area contributed by atoms with E-state index in [9.17, 15) is 10.1 Å². The van der Waals surface area contributed by atoms with Crippen LogP contribution in [-0.2, 0) is 0 Å². The van der Waals surface area contributed by atoms with Gasteiger partial charge in [0, 0.05) is 6.54 Å². The van der Waals surface area contributed by atoms with E-state index >= 15 is 0 Å². The molecule has 1 saturated heterocycles. The number of hydrogen-bond acceptors (Lipinski definition) is 4. The second kappa shape index (κ2) is 3.62. The van der Waals surface area contributed by atoms with Gasteiger partial charge in [0.2, 0.25) is 0 Å². The molecule has 2 rings (SSSR count). The summed E-state index contributed by atoms with van der Waals surface area (Å²) < 4.78 is 1.73. The lowest BCUT2D eigenvalue weighted by atomic mass is 10.3. The van der Waals surface area contributed by atoms with E-state index in [0.29, 0.717) is 5.69 Å². The molecule has 6 nitrogen and oxygen atoms in total. The van der Waals surface area contributed by atoms with Gasteiger partial charge in [0.1, 0.15) is 11.9 Å². The third-order valence-corrected chi connectivity index (χ3v) is 2.83. The zero-order valence-electron chi connectivity index (χ0n) is 8.88. The molecule has 0 radical (unpaired) electrons. The fourth-order valence-electron chi connectivity index (χ4n) is 1.97. The minimum Gasteiger partial charge on any atom is -0.304 e. The smallest absolute Gasteiger partial charge is 0.304 e. The maximum atomic E-state index is 10.7. The highest BCUT2D eigenvalue weighted by Gasteiger charge is 2.25. The lowest BCUT2D eigenvalue weighted by Gasteiger charge is -2.09. The highest BCUT2D eigenvalue weighted by molar-refractivity contribution is 5.31. The number of likely N-dealkylation sites (tertiary alicyclic amines) is 1. The molecular formula is C9H14N4O2. The first-order chi connectivity index (χ1) is 7.08. The molecule has 0 aliphatic carbocycles. The maximum Gasteiger partial charge on any atom is 0.309 e. The Morgan fingerprint density at radius 3 is 2.87 bits per heavy atom. The average Bonchev–Trinajstić information content (AvgIpc) is 2.71. The number of nitrogens with zero attached hydrogens (tertiary/aromatic N) is 4. The van der Waals surface area contributed by atoms with Gasteiger partial charge >= 0.3 is 5.69 Å². The quantitative estimate of drug-likeness (QED) is 0.539. The van der Waals surface area contributed by atoms with Gasteiger partial charge in [-0.25, -0.2) is 0 Å². The normalized spacial score (nSPS) is 22.1. The van der Waals surface area contributed by atoms with Gasteiger partial charge in [0.05, 0.1) is 11.0 Å². The Bertz CT molecular complexity index is 387. The minimum absolute atomic E-state index is 0.115. The molecular weight excluding hydrogens is 196 g/mol. The van der Waals surface area contributed by atoms with Crippen molar-refractivity contribution < 1.29 is 4.92 Å². The number of rotatable bonds is 2.